The molecule has 1 N–H and O–H groups in total. The van der Waals surface area contributed by atoms with Crippen LogP contribution in [0.2, 0.25) is 5.02 Å². The van der Waals surface area contributed by atoms with E-state index >= 15 is 0 Å². The summed E-state index contributed by atoms with van der Waals surface area (Å²) in [7, 11) is 1.53. The normalized spacial score (nSPS) is 12.5. The van der Waals surface area contributed by atoms with Crippen molar-refractivity contribution in [3.8, 4) is 5.75 Å². The van der Waals surface area contributed by atoms with E-state index in [2.05, 4.69) is 0 Å². The minimum Gasteiger partial charge on any atom is -0.496 e. The molecule has 0 radical (unpaired) electrons. The lowest BCUT2D eigenvalue weighted by Gasteiger charge is -2.18. The van der Waals surface area contributed by atoms with Crippen LogP contribution in [0.5, 0.6) is 5.75 Å². The molecule has 0 aliphatic rings. The Kier molecular flexibility index (Phi) is 5.44. The van der Waals surface area contributed by atoms with Crippen molar-refractivity contribution in [2.45, 2.75) is 32.5 Å². The Bertz CT molecular complexity index is 417. The van der Waals surface area contributed by atoms with Crippen molar-refractivity contribution < 1.29 is 19.4 Å². The number of hydrogen-bond acceptors (Lipinski definition) is 3. The molecule has 18 heavy (non-hydrogen) atoms. The predicted octanol–water partition coefficient (Wildman–Crippen LogP) is 2.77. The second-order valence-electron chi connectivity index (χ2n) is 4.17. The van der Waals surface area contributed by atoms with Crippen LogP contribution in [-0.2, 0) is 16.0 Å². The molecule has 0 amide bonds. The van der Waals surface area contributed by atoms with Gasteiger partial charge in [-0.25, -0.2) is 4.79 Å². The molecule has 5 heteroatoms. The molecule has 0 fully saturated rings. The van der Waals surface area contributed by atoms with Gasteiger partial charge in [0, 0.05) is 11.4 Å². The minimum atomic E-state index is -0.995. The van der Waals surface area contributed by atoms with Gasteiger partial charge >= 0.3 is 5.97 Å². The molecule has 1 unspecified atom stereocenters. The third kappa shape index (κ3) is 4.20. The molecular weight excluding hydrogens is 256 g/mol. The molecule has 1 rings (SSSR count). The molecule has 0 aliphatic carbocycles. The van der Waals surface area contributed by atoms with E-state index in [1.54, 1.807) is 32.0 Å². The van der Waals surface area contributed by atoms with Gasteiger partial charge in [0.1, 0.15) is 5.75 Å². The molecule has 0 saturated carbocycles. The van der Waals surface area contributed by atoms with Crippen LogP contribution < -0.4 is 4.74 Å². The summed E-state index contributed by atoms with van der Waals surface area (Å²) < 4.78 is 10.5. The quantitative estimate of drug-likeness (QED) is 0.865. The molecule has 0 aliphatic heterocycles. The Morgan fingerprint density at radius 2 is 2.11 bits per heavy atom. The molecule has 0 spiro atoms. The van der Waals surface area contributed by atoms with Gasteiger partial charge in [0.2, 0.25) is 0 Å². The van der Waals surface area contributed by atoms with Crippen molar-refractivity contribution in [3.05, 3.63) is 28.8 Å². The van der Waals surface area contributed by atoms with Crippen LogP contribution in [-0.4, -0.2) is 30.4 Å². The van der Waals surface area contributed by atoms with Gasteiger partial charge in [-0.05, 0) is 37.6 Å². The van der Waals surface area contributed by atoms with Gasteiger partial charge in [-0.15, -0.1) is 0 Å². The zero-order chi connectivity index (χ0) is 13.7. The van der Waals surface area contributed by atoms with Crippen molar-refractivity contribution in [1.29, 1.82) is 0 Å². The predicted molar refractivity (Wildman–Crippen MR) is 69.4 cm³/mol. The van der Waals surface area contributed by atoms with Crippen LogP contribution in [0.25, 0.3) is 0 Å². The lowest BCUT2D eigenvalue weighted by Crippen LogP contribution is -2.29. The van der Waals surface area contributed by atoms with Crippen molar-refractivity contribution in [2.75, 3.05) is 7.11 Å². The average molecular weight is 273 g/mol. The van der Waals surface area contributed by atoms with E-state index in [0.717, 1.165) is 5.56 Å². The number of rotatable bonds is 6. The summed E-state index contributed by atoms with van der Waals surface area (Å²) in [5.41, 5.74) is 0.720. The summed E-state index contributed by atoms with van der Waals surface area (Å²) in [5, 5.41) is 9.66. The van der Waals surface area contributed by atoms with E-state index in [1.807, 2.05) is 0 Å². The van der Waals surface area contributed by atoms with Crippen LogP contribution in [0.4, 0.5) is 0 Å². The maximum Gasteiger partial charge on any atom is 0.333 e. The Labute approximate surface area is 111 Å². The van der Waals surface area contributed by atoms with Crippen LogP contribution in [0.3, 0.4) is 0 Å². The van der Waals surface area contributed by atoms with Gasteiger partial charge in [0.05, 0.1) is 13.2 Å². The molecule has 1 atom stereocenters. The Hall–Kier alpha value is -1.26. The monoisotopic (exact) mass is 272 g/mol. The second-order valence-corrected chi connectivity index (χ2v) is 4.61. The number of halogens is 1. The first-order valence-electron chi connectivity index (χ1n) is 5.64. The Morgan fingerprint density at radius 3 is 2.61 bits per heavy atom. The third-order valence-electron chi connectivity index (χ3n) is 2.36. The van der Waals surface area contributed by atoms with E-state index in [0.29, 0.717) is 10.8 Å². The number of carboxylic acids is 1. The first-order valence-corrected chi connectivity index (χ1v) is 6.02. The topological polar surface area (TPSA) is 55.8 Å². The molecule has 100 valence electrons. The summed E-state index contributed by atoms with van der Waals surface area (Å²) in [6.45, 7) is 3.59. The second kappa shape index (κ2) is 6.61. The van der Waals surface area contributed by atoms with Crippen molar-refractivity contribution in [2.24, 2.45) is 0 Å². The molecule has 0 heterocycles. The summed E-state index contributed by atoms with van der Waals surface area (Å²) in [4.78, 5) is 11.1. The first kappa shape index (κ1) is 14.8. The lowest BCUT2D eigenvalue weighted by molar-refractivity contribution is -0.153. The first-order chi connectivity index (χ1) is 8.43. The van der Waals surface area contributed by atoms with Crippen LogP contribution in [0.15, 0.2) is 18.2 Å². The maximum atomic E-state index is 11.1. The van der Waals surface area contributed by atoms with Crippen LogP contribution in [0.1, 0.15) is 19.4 Å². The standard InChI is InChI=1S/C13H17ClO4/c1-8(2)18-12(13(15)16)7-9-6-10(14)4-5-11(9)17-3/h4-6,8,12H,7H2,1-3H3,(H,15,16). The number of aliphatic carboxylic acids is 1. The van der Waals surface area contributed by atoms with Gasteiger partial charge in [0.25, 0.3) is 0 Å². The molecule has 1 aromatic carbocycles. The van der Waals surface area contributed by atoms with Crippen molar-refractivity contribution >= 4 is 17.6 Å². The zero-order valence-electron chi connectivity index (χ0n) is 10.6. The fourth-order valence-corrected chi connectivity index (χ4v) is 1.82. The number of carbonyl (C=O) groups is 1. The van der Waals surface area contributed by atoms with E-state index in [4.69, 9.17) is 26.2 Å². The largest absolute Gasteiger partial charge is 0.496 e. The number of carboxylic acid groups (broad SMARTS) is 1. The highest BCUT2D eigenvalue weighted by Crippen LogP contribution is 2.24. The van der Waals surface area contributed by atoms with Gasteiger partial charge in [-0.3, -0.25) is 0 Å². The van der Waals surface area contributed by atoms with E-state index in [-0.39, 0.29) is 12.5 Å². The molecule has 0 aromatic heterocycles. The fourth-order valence-electron chi connectivity index (χ4n) is 1.63. The van der Waals surface area contributed by atoms with Gasteiger partial charge in [-0.1, -0.05) is 11.6 Å². The molecule has 0 saturated heterocycles. The lowest BCUT2D eigenvalue weighted by atomic mass is 10.1. The van der Waals surface area contributed by atoms with Crippen LogP contribution in [0, 0.1) is 0 Å². The minimum absolute atomic E-state index is 0.156. The number of ether oxygens (including phenoxy) is 2. The van der Waals surface area contributed by atoms with Crippen molar-refractivity contribution in [3.63, 3.8) is 0 Å². The number of benzene rings is 1. The summed E-state index contributed by atoms with van der Waals surface area (Å²) in [5.74, 6) is -0.385. The van der Waals surface area contributed by atoms with Gasteiger partial charge in [0.15, 0.2) is 6.10 Å². The Balaban J connectivity index is 2.92. The third-order valence-corrected chi connectivity index (χ3v) is 2.59. The molecule has 4 nitrogen and oxygen atoms in total. The number of hydrogen-bond donors (Lipinski definition) is 1. The van der Waals surface area contributed by atoms with Crippen molar-refractivity contribution in [1.82, 2.24) is 0 Å². The fraction of sp³-hybridized carbons (Fsp3) is 0.462. The van der Waals surface area contributed by atoms with E-state index in [9.17, 15) is 4.79 Å². The zero-order valence-corrected chi connectivity index (χ0v) is 11.4. The van der Waals surface area contributed by atoms with E-state index < -0.39 is 12.1 Å². The number of methoxy groups -OCH3 is 1. The molecule has 0 bridgehead atoms. The highest BCUT2D eigenvalue weighted by atomic mass is 35.5. The van der Waals surface area contributed by atoms with Crippen LogP contribution >= 0.6 is 11.6 Å². The van der Waals surface area contributed by atoms with Gasteiger partial charge < -0.3 is 14.6 Å². The smallest absolute Gasteiger partial charge is 0.333 e. The van der Waals surface area contributed by atoms with Gasteiger partial charge in [-0.2, -0.15) is 0 Å². The summed E-state index contributed by atoms with van der Waals surface area (Å²) in [6.07, 6.45) is -0.842. The average Bonchev–Trinajstić information content (AvgIpc) is 2.27. The summed E-state index contributed by atoms with van der Waals surface area (Å²) >= 11 is 5.90. The van der Waals surface area contributed by atoms with E-state index in [1.165, 1.54) is 7.11 Å². The molecule has 1 aromatic rings. The Morgan fingerprint density at radius 1 is 1.44 bits per heavy atom. The highest BCUT2D eigenvalue weighted by Gasteiger charge is 2.22. The highest BCUT2D eigenvalue weighted by molar-refractivity contribution is 6.30. The maximum absolute atomic E-state index is 11.1. The molecular formula is C13H17ClO4. The summed E-state index contributed by atoms with van der Waals surface area (Å²) in [6, 6.07) is 5.11. The SMILES string of the molecule is COc1ccc(Cl)cc1CC(OC(C)C)C(=O)O.